The molecule has 4 aromatic rings. The number of thioether (sulfide) groups is 1. The standard InChI is InChI=1S/C23H26N8OS2/c1-2-15-7-3-4-9-17(15)25-22-27-19(26-21(24)28-22)14-34-23-30-29-20(18-10-6-12-33-18)31(23)13-16-8-5-11-32-16/h3-4,6-7,9-10,12,16H,2,5,8,11,13-14H2,1H3,(H3,24,25,26,27,28)/t16-/m1/s1. The lowest BCUT2D eigenvalue weighted by atomic mass is 10.1. The quantitative estimate of drug-likeness (QED) is 0.323. The number of para-hydroxylation sites is 1. The molecule has 0 amide bonds. The molecule has 0 aliphatic carbocycles. The number of nitrogens with one attached hydrogen (secondary N) is 1. The Morgan fingerprint density at radius 2 is 2.09 bits per heavy atom. The molecule has 11 heteroatoms. The summed E-state index contributed by atoms with van der Waals surface area (Å²) in [5.41, 5.74) is 8.15. The van der Waals surface area contributed by atoms with Crippen LogP contribution in [0.2, 0.25) is 0 Å². The predicted octanol–water partition coefficient (Wildman–Crippen LogP) is 4.55. The zero-order chi connectivity index (χ0) is 23.3. The molecule has 0 spiro atoms. The van der Waals surface area contributed by atoms with E-state index in [0.29, 0.717) is 17.5 Å². The Balaban J connectivity index is 1.35. The van der Waals surface area contributed by atoms with Gasteiger partial charge in [-0.3, -0.25) is 4.57 Å². The Morgan fingerprint density at radius 1 is 1.18 bits per heavy atom. The van der Waals surface area contributed by atoms with Crippen LogP contribution in [0.1, 0.15) is 31.2 Å². The number of hydrogen-bond acceptors (Lipinski definition) is 10. The number of thiophene rings is 1. The normalized spacial score (nSPS) is 15.6. The van der Waals surface area contributed by atoms with Crippen molar-refractivity contribution in [3.63, 3.8) is 0 Å². The van der Waals surface area contributed by atoms with Gasteiger partial charge >= 0.3 is 0 Å². The van der Waals surface area contributed by atoms with Gasteiger partial charge in [-0.05, 0) is 42.3 Å². The summed E-state index contributed by atoms with van der Waals surface area (Å²) >= 11 is 3.19. The average molecular weight is 495 g/mol. The lowest BCUT2D eigenvalue weighted by molar-refractivity contribution is 0.0953. The fourth-order valence-corrected chi connectivity index (χ4v) is 5.42. The van der Waals surface area contributed by atoms with Crippen molar-refractivity contribution in [2.45, 2.75) is 49.7 Å². The second-order valence-corrected chi connectivity index (χ2v) is 9.78. The fraction of sp³-hybridized carbons (Fsp3) is 0.348. The molecule has 34 heavy (non-hydrogen) atoms. The maximum atomic E-state index is 6.00. The Bertz CT molecular complexity index is 1240. The van der Waals surface area contributed by atoms with Crippen LogP contribution in [0.15, 0.2) is 46.9 Å². The molecule has 0 bridgehead atoms. The van der Waals surface area contributed by atoms with Gasteiger partial charge in [0.1, 0.15) is 5.82 Å². The number of aryl methyl sites for hydroxylation is 1. The van der Waals surface area contributed by atoms with Crippen LogP contribution in [0.5, 0.6) is 0 Å². The van der Waals surface area contributed by atoms with E-state index < -0.39 is 0 Å². The summed E-state index contributed by atoms with van der Waals surface area (Å²) in [5.74, 6) is 2.55. The monoisotopic (exact) mass is 494 g/mol. The van der Waals surface area contributed by atoms with Crippen molar-refractivity contribution < 1.29 is 4.74 Å². The Hall–Kier alpha value is -3.02. The van der Waals surface area contributed by atoms with Crippen molar-refractivity contribution in [2.75, 3.05) is 17.7 Å². The summed E-state index contributed by atoms with van der Waals surface area (Å²) in [6.07, 6.45) is 3.21. The van der Waals surface area contributed by atoms with Crippen molar-refractivity contribution in [3.8, 4) is 10.7 Å². The minimum Gasteiger partial charge on any atom is -0.376 e. The molecule has 9 nitrogen and oxygen atoms in total. The molecule has 0 radical (unpaired) electrons. The molecule has 1 fully saturated rings. The molecule has 1 atom stereocenters. The highest BCUT2D eigenvalue weighted by Crippen LogP contribution is 2.30. The van der Waals surface area contributed by atoms with Gasteiger partial charge in [0.05, 0.1) is 23.3 Å². The highest BCUT2D eigenvalue weighted by atomic mass is 32.2. The Morgan fingerprint density at radius 3 is 2.88 bits per heavy atom. The number of nitrogens with zero attached hydrogens (tertiary/aromatic N) is 6. The SMILES string of the molecule is CCc1ccccc1Nc1nc(N)nc(CSc2nnc(-c3cccs3)n2C[C@H]2CCCO2)n1. The molecule has 3 N–H and O–H groups in total. The summed E-state index contributed by atoms with van der Waals surface area (Å²) in [7, 11) is 0. The van der Waals surface area contributed by atoms with E-state index >= 15 is 0 Å². The van der Waals surface area contributed by atoms with Gasteiger partial charge in [-0.2, -0.15) is 15.0 Å². The molecule has 1 aliphatic rings. The third-order valence-electron chi connectivity index (χ3n) is 5.54. The zero-order valence-corrected chi connectivity index (χ0v) is 20.5. The number of rotatable bonds is 9. The Labute approximate surface area is 206 Å². The molecule has 1 aromatic carbocycles. The summed E-state index contributed by atoms with van der Waals surface area (Å²) in [6.45, 7) is 3.65. The molecule has 4 heterocycles. The van der Waals surface area contributed by atoms with E-state index in [1.807, 2.05) is 29.6 Å². The van der Waals surface area contributed by atoms with E-state index in [4.69, 9.17) is 10.5 Å². The van der Waals surface area contributed by atoms with E-state index in [1.165, 1.54) is 17.3 Å². The van der Waals surface area contributed by atoms with Crippen LogP contribution < -0.4 is 11.1 Å². The lowest BCUT2D eigenvalue weighted by Gasteiger charge is -2.14. The van der Waals surface area contributed by atoms with Crippen LogP contribution in [0.4, 0.5) is 17.6 Å². The molecule has 176 valence electrons. The van der Waals surface area contributed by atoms with Crippen LogP contribution in [-0.4, -0.2) is 42.4 Å². The van der Waals surface area contributed by atoms with Crippen molar-refractivity contribution in [2.24, 2.45) is 0 Å². The molecular formula is C23H26N8OS2. The second kappa shape index (κ2) is 10.5. The van der Waals surface area contributed by atoms with Gasteiger partial charge in [-0.1, -0.05) is 43.0 Å². The van der Waals surface area contributed by atoms with Gasteiger partial charge in [0.25, 0.3) is 0 Å². The summed E-state index contributed by atoms with van der Waals surface area (Å²) < 4.78 is 8.03. The van der Waals surface area contributed by atoms with Gasteiger partial charge in [0, 0.05) is 12.3 Å². The zero-order valence-electron chi connectivity index (χ0n) is 18.8. The summed E-state index contributed by atoms with van der Waals surface area (Å²) in [5, 5.41) is 15.1. The fourth-order valence-electron chi connectivity index (χ4n) is 3.90. The number of hydrogen-bond donors (Lipinski definition) is 2. The second-order valence-electron chi connectivity index (χ2n) is 7.89. The minimum atomic E-state index is 0.177. The highest BCUT2D eigenvalue weighted by Gasteiger charge is 2.22. The molecule has 5 rings (SSSR count). The maximum absolute atomic E-state index is 6.00. The van der Waals surface area contributed by atoms with Crippen LogP contribution in [-0.2, 0) is 23.5 Å². The number of anilines is 3. The van der Waals surface area contributed by atoms with Crippen molar-refractivity contribution >= 4 is 40.7 Å². The third-order valence-corrected chi connectivity index (χ3v) is 7.37. The topological polar surface area (TPSA) is 117 Å². The van der Waals surface area contributed by atoms with E-state index in [1.54, 1.807) is 11.3 Å². The third kappa shape index (κ3) is 5.21. The molecular weight excluding hydrogens is 468 g/mol. The first-order valence-corrected chi connectivity index (χ1v) is 13.1. The van der Waals surface area contributed by atoms with E-state index in [2.05, 4.69) is 54.1 Å². The summed E-state index contributed by atoms with van der Waals surface area (Å²) in [6, 6.07) is 12.2. The van der Waals surface area contributed by atoms with Crippen LogP contribution in [0.25, 0.3) is 10.7 Å². The van der Waals surface area contributed by atoms with Gasteiger partial charge in [-0.25, -0.2) is 0 Å². The van der Waals surface area contributed by atoms with E-state index in [-0.39, 0.29) is 12.1 Å². The smallest absolute Gasteiger partial charge is 0.232 e. The number of benzene rings is 1. The number of aromatic nitrogens is 6. The van der Waals surface area contributed by atoms with Gasteiger partial charge in [0.2, 0.25) is 11.9 Å². The van der Waals surface area contributed by atoms with Crippen LogP contribution in [0, 0.1) is 0 Å². The molecule has 1 aliphatic heterocycles. The molecule has 0 unspecified atom stereocenters. The number of nitrogens with two attached hydrogens (primary N) is 1. The summed E-state index contributed by atoms with van der Waals surface area (Å²) in [4.78, 5) is 14.3. The first-order valence-electron chi connectivity index (χ1n) is 11.3. The first-order chi connectivity index (χ1) is 16.7. The van der Waals surface area contributed by atoms with E-state index in [0.717, 1.165) is 54.0 Å². The Kier molecular flexibility index (Phi) is 7.02. The molecule has 0 saturated carbocycles. The maximum Gasteiger partial charge on any atom is 0.232 e. The van der Waals surface area contributed by atoms with E-state index in [9.17, 15) is 0 Å². The first kappa shape index (κ1) is 22.8. The molecule has 1 saturated heterocycles. The highest BCUT2D eigenvalue weighted by molar-refractivity contribution is 7.98. The number of ether oxygens (including phenoxy) is 1. The predicted molar refractivity (Wildman–Crippen MR) is 135 cm³/mol. The largest absolute Gasteiger partial charge is 0.376 e. The van der Waals surface area contributed by atoms with Gasteiger partial charge < -0.3 is 15.8 Å². The number of nitrogen functional groups attached to an aromatic ring is 1. The van der Waals surface area contributed by atoms with Crippen LogP contribution in [0.3, 0.4) is 0 Å². The minimum absolute atomic E-state index is 0.177. The van der Waals surface area contributed by atoms with Gasteiger partial charge in [0.15, 0.2) is 11.0 Å². The van der Waals surface area contributed by atoms with Crippen LogP contribution >= 0.6 is 23.1 Å². The van der Waals surface area contributed by atoms with Crippen molar-refractivity contribution in [1.82, 2.24) is 29.7 Å². The van der Waals surface area contributed by atoms with Crippen molar-refractivity contribution in [3.05, 3.63) is 53.2 Å². The van der Waals surface area contributed by atoms with Gasteiger partial charge in [-0.15, -0.1) is 21.5 Å². The lowest BCUT2D eigenvalue weighted by Crippen LogP contribution is -2.16. The molecule has 3 aromatic heterocycles. The van der Waals surface area contributed by atoms with Crippen molar-refractivity contribution in [1.29, 1.82) is 0 Å². The average Bonchev–Trinajstić information content (AvgIpc) is 3.61.